The van der Waals surface area contributed by atoms with Crippen LogP contribution in [0.3, 0.4) is 0 Å². The van der Waals surface area contributed by atoms with Crippen LogP contribution < -0.4 is 0 Å². The number of piperazine rings is 1. The van der Waals surface area contributed by atoms with Gasteiger partial charge in [0.05, 0.1) is 24.7 Å². The number of hydrogen-bond donors (Lipinski definition) is 0. The van der Waals surface area contributed by atoms with Crippen LogP contribution in [0.4, 0.5) is 4.79 Å². The van der Waals surface area contributed by atoms with Crippen LogP contribution in [0, 0.1) is 34.5 Å². The van der Waals surface area contributed by atoms with Gasteiger partial charge in [0.25, 0.3) is 0 Å². The summed E-state index contributed by atoms with van der Waals surface area (Å²) in [6.45, 7) is 7.91. The molecule has 1 aliphatic rings. The van der Waals surface area contributed by atoms with E-state index in [-0.39, 0.29) is 12.0 Å². The molecule has 0 aromatic rings. The van der Waals surface area contributed by atoms with Gasteiger partial charge in [-0.1, -0.05) is 13.8 Å². The number of amides is 1. The second-order valence-corrected chi connectivity index (χ2v) is 5.78. The number of nitriles is 2. The third-order valence-corrected chi connectivity index (χ3v) is 3.44. The molecule has 116 valence electrons. The Bertz CT molecular complexity index is 403. The minimum atomic E-state index is -0.246. The minimum Gasteiger partial charge on any atom is -0.449 e. The second-order valence-electron chi connectivity index (χ2n) is 5.78. The first-order valence-electron chi connectivity index (χ1n) is 7.47. The maximum Gasteiger partial charge on any atom is 0.409 e. The average molecular weight is 292 g/mol. The van der Waals surface area contributed by atoms with Crippen molar-refractivity contribution in [2.45, 2.75) is 26.7 Å². The molecular weight excluding hydrogens is 268 g/mol. The Labute approximate surface area is 126 Å². The van der Waals surface area contributed by atoms with Crippen LogP contribution in [0.1, 0.15) is 26.7 Å². The van der Waals surface area contributed by atoms with E-state index in [1.165, 1.54) is 0 Å². The lowest BCUT2D eigenvalue weighted by atomic mass is 10.0. The Hall–Kier alpha value is -1.79. The number of carbonyl (C=O) groups excluding carboxylic acids is 1. The van der Waals surface area contributed by atoms with Crippen LogP contribution >= 0.6 is 0 Å². The van der Waals surface area contributed by atoms with E-state index in [9.17, 15) is 4.79 Å². The summed E-state index contributed by atoms with van der Waals surface area (Å²) < 4.78 is 5.21. The number of ether oxygens (including phenoxy) is 1. The molecule has 0 bridgehead atoms. The van der Waals surface area contributed by atoms with E-state index >= 15 is 0 Å². The van der Waals surface area contributed by atoms with Gasteiger partial charge in [0.1, 0.15) is 0 Å². The lowest BCUT2D eigenvalue weighted by molar-refractivity contribution is 0.0670. The monoisotopic (exact) mass is 292 g/mol. The van der Waals surface area contributed by atoms with Crippen molar-refractivity contribution in [3.63, 3.8) is 0 Å². The van der Waals surface area contributed by atoms with Gasteiger partial charge in [-0.05, 0) is 12.3 Å². The normalized spacial score (nSPS) is 17.1. The molecule has 1 rings (SSSR count). The van der Waals surface area contributed by atoms with E-state index in [1.807, 2.05) is 13.8 Å². The Morgan fingerprint density at radius 3 is 2.43 bits per heavy atom. The van der Waals surface area contributed by atoms with Gasteiger partial charge in [-0.15, -0.1) is 0 Å². The van der Waals surface area contributed by atoms with Gasteiger partial charge in [-0.2, -0.15) is 10.5 Å². The van der Waals surface area contributed by atoms with Crippen molar-refractivity contribution in [3.8, 4) is 12.1 Å². The van der Waals surface area contributed by atoms with E-state index in [2.05, 4.69) is 17.0 Å². The maximum absolute atomic E-state index is 11.8. The van der Waals surface area contributed by atoms with Crippen molar-refractivity contribution in [2.75, 3.05) is 39.3 Å². The predicted octanol–water partition coefficient (Wildman–Crippen LogP) is 1.84. The first kappa shape index (κ1) is 17.3. The zero-order valence-corrected chi connectivity index (χ0v) is 12.9. The summed E-state index contributed by atoms with van der Waals surface area (Å²) in [5.41, 5.74) is 0. The van der Waals surface area contributed by atoms with Crippen LogP contribution in [-0.2, 0) is 4.74 Å². The molecule has 0 aliphatic carbocycles. The van der Waals surface area contributed by atoms with Gasteiger partial charge in [0, 0.05) is 39.1 Å². The van der Waals surface area contributed by atoms with Crippen LogP contribution in [0.25, 0.3) is 0 Å². The molecular formula is C15H24N4O2. The highest BCUT2D eigenvalue weighted by Crippen LogP contribution is 2.11. The van der Waals surface area contributed by atoms with Gasteiger partial charge in [-0.25, -0.2) is 4.79 Å². The largest absolute Gasteiger partial charge is 0.449 e. The molecule has 0 spiro atoms. The Balaban J connectivity index is 2.30. The van der Waals surface area contributed by atoms with Gasteiger partial charge < -0.3 is 9.64 Å². The van der Waals surface area contributed by atoms with Crippen molar-refractivity contribution < 1.29 is 9.53 Å². The highest BCUT2D eigenvalue weighted by atomic mass is 16.6. The molecule has 6 nitrogen and oxygen atoms in total. The summed E-state index contributed by atoms with van der Waals surface area (Å²) in [5.74, 6) is 0.232. The van der Waals surface area contributed by atoms with E-state index in [4.69, 9.17) is 15.3 Å². The van der Waals surface area contributed by atoms with Crippen molar-refractivity contribution in [1.82, 2.24) is 9.80 Å². The van der Waals surface area contributed by atoms with Crippen LogP contribution in [0.5, 0.6) is 0 Å². The predicted molar refractivity (Wildman–Crippen MR) is 78.1 cm³/mol. The Kier molecular flexibility index (Phi) is 7.56. The number of nitrogens with zero attached hydrogens (tertiary/aromatic N) is 4. The fourth-order valence-corrected chi connectivity index (χ4v) is 2.19. The van der Waals surface area contributed by atoms with Crippen molar-refractivity contribution in [3.05, 3.63) is 0 Å². The Morgan fingerprint density at radius 1 is 1.24 bits per heavy atom. The first-order chi connectivity index (χ1) is 10.1. The van der Waals surface area contributed by atoms with Crippen LogP contribution in [-0.4, -0.2) is 55.2 Å². The lowest BCUT2D eigenvalue weighted by Crippen LogP contribution is -2.50. The molecule has 0 saturated carbocycles. The summed E-state index contributed by atoms with van der Waals surface area (Å²) in [5, 5.41) is 17.6. The summed E-state index contributed by atoms with van der Waals surface area (Å²) in [6.07, 6.45) is 0.785. The van der Waals surface area contributed by atoms with Gasteiger partial charge >= 0.3 is 6.09 Å². The second kappa shape index (κ2) is 9.20. The molecule has 0 unspecified atom stereocenters. The van der Waals surface area contributed by atoms with E-state index in [0.29, 0.717) is 45.0 Å². The summed E-state index contributed by atoms with van der Waals surface area (Å²) >= 11 is 0. The topological polar surface area (TPSA) is 80.4 Å². The van der Waals surface area contributed by atoms with Crippen molar-refractivity contribution >= 4 is 6.09 Å². The molecule has 1 fully saturated rings. The number of hydrogen-bond acceptors (Lipinski definition) is 5. The molecule has 0 N–H and O–H groups in total. The number of rotatable bonds is 6. The molecule has 1 heterocycles. The molecule has 0 radical (unpaired) electrons. The molecule has 6 heteroatoms. The molecule has 1 aliphatic heterocycles. The van der Waals surface area contributed by atoms with Crippen molar-refractivity contribution in [2.24, 2.45) is 11.8 Å². The van der Waals surface area contributed by atoms with Gasteiger partial charge in [-0.3, -0.25) is 4.90 Å². The number of carbonyl (C=O) groups is 1. The summed E-state index contributed by atoms with van der Waals surface area (Å²) in [4.78, 5) is 15.7. The summed E-state index contributed by atoms with van der Waals surface area (Å²) in [7, 11) is 0. The van der Waals surface area contributed by atoms with Gasteiger partial charge in [0.2, 0.25) is 0 Å². The van der Waals surface area contributed by atoms with E-state index < -0.39 is 0 Å². The molecule has 21 heavy (non-hydrogen) atoms. The van der Waals surface area contributed by atoms with Crippen LogP contribution in [0.15, 0.2) is 0 Å². The molecule has 1 amide bonds. The highest BCUT2D eigenvalue weighted by molar-refractivity contribution is 5.67. The van der Waals surface area contributed by atoms with Crippen molar-refractivity contribution in [1.29, 1.82) is 10.5 Å². The summed E-state index contributed by atoms with van der Waals surface area (Å²) in [6, 6.07) is 4.33. The quantitative estimate of drug-likeness (QED) is 0.746. The fraction of sp³-hybridized carbons (Fsp3) is 0.800. The Morgan fingerprint density at radius 2 is 1.90 bits per heavy atom. The zero-order chi connectivity index (χ0) is 15.7. The third-order valence-electron chi connectivity index (χ3n) is 3.44. The van der Waals surface area contributed by atoms with E-state index in [0.717, 1.165) is 13.1 Å². The molecule has 0 aromatic heterocycles. The fourth-order valence-electron chi connectivity index (χ4n) is 2.19. The van der Waals surface area contributed by atoms with Gasteiger partial charge in [0.15, 0.2) is 0 Å². The molecule has 1 saturated heterocycles. The molecule has 1 atom stereocenters. The zero-order valence-electron chi connectivity index (χ0n) is 12.9. The lowest BCUT2D eigenvalue weighted by Gasteiger charge is -2.34. The standard InChI is InChI=1S/C15H24N4O2/c1-13(2)12-21-15(20)19-8-6-18(7-9-19)11-14(10-17)4-3-5-16/h13-14H,3-4,6-9,11-12H2,1-2H3/t14-/m1/s1. The maximum atomic E-state index is 11.8. The smallest absolute Gasteiger partial charge is 0.409 e. The average Bonchev–Trinajstić information content (AvgIpc) is 2.49. The third kappa shape index (κ3) is 6.46. The minimum absolute atomic E-state index is 0.107. The molecule has 0 aromatic carbocycles. The SMILES string of the molecule is CC(C)COC(=O)N1CCN(C[C@@H](C#N)CCC#N)CC1. The van der Waals surface area contributed by atoms with Crippen LogP contribution in [0.2, 0.25) is 0 Å². The highest BCUT2D eigenvalue weighted by Gasteiger charge is 2.23. The van der Waals surface area contributed by atoms with E-state index in [1.54, 1.807) is 4.90 Å². The first-order valence-corrected chi connectivity index (χ1v) is 7.47.